The summed E-state index contributed by atoms with van der Waals surface area (Å²) in [5, 5.41) is 2.63. The van der Waals surface area contributed by atoms with Crippen LogP contribution in [0.5, 0.6) is 11.5 Å². The van der Waals surface area contributed by atoms with Crippen LogP contribution in [0.15, 0.2) is 24.3 Å². The summed E-state index contributed by atoms with van der Waals surface area (Å²) < 4.78 is 15.3. The monoisotopic (exact) mass is 399 g/mol. The van der Waals surface area contributed by atoms with Gasteiger partial charge in [0.2, 0.25) is 5.78 Å². The van der Waals surface area contributed by atoms with Gasteiger partial charge in [-0.05, 0) is 61.2 Å². The molecule has 0 bridgehead atoms. The van der Waals surface area contributed by atoms with Crippen molar-refractivity contribution >= 4 is 23.3 Å². The number of ketones is 1. The van der Waals surface area contributed by atoms with Gasteiger partial charge in [-0.2, -0.15) is 0 Å². The summed E-state index contributed by atoms with van der Waals surface area (Å²) in [6.07, 6.45) is -0.251. The molecule has 0 aliphatic carbocycles. The van der Waals surface area contributed by atoms with E-state index in [4.69, 9.17) is 14.2 Å². The molecular formula is C22H25NO6. The van der Waals surface area contributed by atoms with Gasteiger partial charge >= 0.3 is 5.97 Å². The number of hydrogen-bond donors (Lipinski definition) is 1. The van der Waals surface area contributed by atoms with E-state index >= 15 is 0 Å². The number of esters is 1. The minimum absolute atomic E-state index is 0.189. The zero-order chi connectivity index (χ0) is 21.7. The van der Waals surface area contributed by atoms with E-state index in [1.165, 1.54) is 27.4 Å². The Bertz CT molecular complexity index is 964. The van der Waals surface area contributed by atoms with Crippen molar-refractivity contribution in [2.24, 2.45) is 0 Å². The predicted molar refractivity (Wildman–Crippen MR) is 109 cm³/mol. The van der Waals surface area contributed by atoms with Crippen LogP contribution in [0.4, 0.5) is 5.69 Å². The van der Waals surface area contributed by atoms with E-state index in [0.717, 1.165) is 11.1 Å². The lowest BCUT2D eigenvalue weighted by Gasteiger charge is -2.15. The number of ether oxygens (including phenoxy) is 3. The second-order valence-corrected chi connectivity index (χ2v) is 6.68. The Morgan fingerprint density at radius 3 is 2.17 bits per heavy atom. The molecule has 1 N–H and O–H groups in total. The third-order valence-electron chi connectivity index (χ3n) is 4.58. The summed E-state index contributed by atoms with van der Waals surface area (Å²) in [5.41, 5.74) is 3.45. The number of anilines is 1. The number of hydrogen-bond acceptors (Lipinski definition) is 6. The van der Waals surface area contributed by atoms with Gasteiger partial charge < -0.3 is 19.5 Å². The molecule has 0 unspecified atom stereocenters. The molecule has 0 heterocycles. The fourth-order valence-electron chi connectivity index (χ4n) is 3.10. The summed E-state index contributed by atoms with van der Waals surface area (Å²) in [6.45, 7) is 5.47. The Kier molecular flexibility index (Phi) is 6.98. The van der Waals surface area contributed by atoms with Crippen molar-refractivity contribution < 1.29 is 28.6 Å². The van der Waals surface area contributed by atoms with Crippen LogP contribution in [0.1, 0.15) is 32.6 Å². The SMILES string of the molecule is COC(=O)c1cc(OC)cc(C)c1CC(=O)C(=O)Nc1c(C)cc(C)cc1OC. The highest BCUT2D eigenvalue weighted by Crippen LogP contribution is 2.30. The number of amides is 1. The molecule has 7 nitrogen and oxygen atoms in total. The van der Waals surface area contributed by atoms with Crippen molar-refractivity contribution in [1.29, 1.82) is 0 Å². The molecule has 0 atom stereocenters. The van der Waals surface area contributed by atoms with Gasteiger partial charge in [0.05, 0.1) is 32.6 Å². The minimum atomic E-state index is -0.790. The number of Topliss-reactive ketones (excluding diaryl/α,β-unsaturated/α-hetero) is 1. The summed E-state index contributed by atoms with van der Waals surface area (Å²) >= 11 is 0. The van der Waals surface area contributed by atoms with Crippen LogP contribution < -0.4 is 14.8 Å². The van der Waals surface area contributed by atoms with Crippen LogP contribution in [0.2, 0.25) is 0 Å². The molecule has 0 fully saturated rings. The first-order valence-electron chi connectivity index (χ1n) is 8.97. The van der Waals surface area contributed by atoms with Crippen LogP contribution in [-0.4, -0.2) is 39.0 Å². The fraction of sp³-hybridized carbons (Fsp3) is 0.318. The highest BCUT2D eigenvalue weighted by atomic mass is 16.5. The van der Waals surface area contributed by atoms with Crippen molar-refractivity contribution in [3.05, 3.63) is 52.1 Å². The highest BCUT2D eigenvalue weighted by Gasteiger charge is 2.23. The van der Waals surface area contributed by atoms with Crippen molar-refractivity contribution in [2.45, 2.75) is 27.2 Å². The predicted octanol–water partition coefficient (Wildman–Crippen LogP) is 3.17. The second kappa shape index (κ2) is 9.23. The van der Waals surface area contributed by atoms with Crippen molar-refractivity contribution in [2.75, 3.05) is 26.6 Å². The number of nitrogens with one attached hydrogen (secondary N) is 1. The van der Waals surface area contributed by atoms with Crippen molar-refractivity contribution in [3.8, 4) is 11.5 Å². The number of aryl methyl sites for hydroxylation is 3. The second-order valence-electron chi connectivity index (χ2n) is 6.68. The zero-order valence-corrected chi connectivity index (χ0v) is 17.5. The van der Waals surface area contributed by atoms with Gasteiger partial charge in [0.1, 0.15) is 11.5 Å². The standard InChI is InChI=1S/C22H25NO6/c1-12-7-14(3)20(19(8-12)28-5)23-21(25)18(24)11-16-13(2)9-15(27-4)10-17(16)22(26)29-6/h7-10H,11H2,1-6H3,(H,23,25). The summed E-state index contributed by atoms with van der Waals surface area (Å²) in [4.78, 5) is 37.3. The number of methoxy groups -OCH3 is 3. The maximum atomic E-state index is 12.6. The summed E-state index contributed by atoms with van der Waals surface area (Å²) in [7, 11) is 4.22. The molecule has 0 aromatic heterocycles. The van der Waals surface area contributed by atoms with Gasteiger partial charge in [0.15, 0.2) is 0 Å². The number of benzene rings is 2. The molecule has 29 heavy (non-hydrogen) atoms. The topological polar surface area (TPSA) is 90.9 Å². The average Bonchev–Trinajstić information content (AvgIpc) is 2.69. The third kappa shape index (κ3) is 4.93. The van der Waals surface area contributed by atoms with Crippen molar-refractivity contribution in [1.82, 2.24) is 0 Å². The fourth-order valence-corrected chi connectivity index (χ4v) is 3.10. The molecule has 0 spiro atoms. The molecule has 7 heteroatoms. The summed E-state index contributed by atoms with van der Waals surface area (Å²) in [5.74, 6) is -1.15. The molecule has 0 radical (unpaired) electrons. The largest absolute Gasteiger partial charge is 0.497 e. The van der Waals surface area contributed by atoms with E-state index in [0.29, 0.717) is 28.3 Å². The molecule has 2 aromatic rings. The van der Waals surface area contributed by atoms with Crippen LogP contribution in [0, 0.1) is 20.8 Å². The Hall–Kier alpha value is -3.35. The number of carbonyl (C=O) groups is 3. The molecular weight excluding hydrogens is 374 g/mol. The maximum Gasteiger partial charge on any atom is 0.338 e. The molecule has 0 saturated heterocycles. The number of carbonyl (C=O) groups excluding carboxylic acids is 3. The van der Waals surface area contributed by atoms with Crippen molar-refractivity contribution in [3.63, 3.8) is 0 Å². The molecule has 1 amide bonds. The molecule has 154 valence electrons. The maximum absolute atomic E-state index is 12.6. The lowest BCUT2D eigenvalue weighted by atomic mass is 9.96. The molecule has 2 rings (SSSR count). The van der Waals surface area contributed by atoms with E-state index in [2.05, 4.69) is 5.32 Å². The lowest BCUT2D eigenvalue weighted by molar-refractivity contribution is -0.134. The van der Waals surface area contributed by atoms with Crippen LogP contribution in [-0.2, 0) is 20.7 Å². The lowest BCUT2D eigenvalue weighted by Crippen LogP contribution is -2.26. The molecule has 2 aromatic carbocycles. The van der Waals surface area contributed by atoms with Gasteiger partial charge in [0, 0.05) is 6.42 Å². The van der Waals surface area contributed by atoms with Gasteiger partial charge in [-0.3, -0.25) is 9.59 Å². The van der Waals surface area contributed by atoms with Gasteiger partial charge in [-0.15, -0.1) is 0 Å². The average molecular weight is 399 g/mol. The van der Waals surface area contributed by atoms with E-state index in [1.54, 1.807) is 19.1 Å². The molecule has 0 saturated carbocycles. The van der Waals surface area contributed by atoms with Crippen LogP contribution in [0.3, 0.4) is 0 Å². The third-order valence-corrected chi connectivity index (χ3v) is 4.58. The summed E-state index contributed by atoms with van der Waals surface area (Å²) in [6, 6.07) is 6.84. The van der Waals surface area contributed by atoms with Crippen LogP contribution >= 0.6 is 0 Å². The first kappa shape index (κ1) is 21.9. The normalized spacial score (nSPS) is 10.3. The van der Waals surface area contributed by atoms with Crippen LogP contribution in [0.25, 0.3) is 0 Å². The van der Waals surface area contributed by atoms with E-state index in [-0.39, 0.29) is 12.0 Å². The highest BCUT2D eigenvalue weighted by molar-refractivity contribution is 6.41. The van der Waals surface area contributed by atoms with E-state index < -0.39 is 17.7 Å². The molecule has 0 aliphatic rings. The first-order chi connectivity index (χ1) is 13.7. The zero-order valence-electron chi connectivity index (χ0n) is 17.5. The minimum Gasteiger partial charge on any atom is -0.497 e. The Morgan fingerprint density at radius 1 is 0.897 bits per heavy atom. The first-order valence-corrected chi connectivity index (χ1v) is 8.97. The number of rotatable bonds is 7. The Balaban J connectivity index is 2.31. The quantitative estimate of drug-likeness (QED) is 0.568. The van der Waals surface area contributed by atoms with Gasteiger partial charge in [0.25, 0.3) is 5.91 Å². The molecule has 0 aliphatic heterocycles. The van der Waals surface area contributed by atoms with E-state index in [1.807, 2.05) is 19.9 Å². The van der Waals surface area contributed by atoms with E-state index in [9.17, 15) is 14.4 Å². The van der Waals surface area contributed by atoms with Gasteiger partial charge in [-0.25, -0.2) is 4.79 Å². The smallest absolute Gasteiger partial charge is 0.338 e. The van der Waals surface area contributed by atoms with Gasteiger partial charge in [-0.1, -0.05) is 6.07 Å². The Morgan fingerprint density at radius 2 is 1.59 bits per heavy atom. The Labute approximate surface area is 170 Å².